The van der Waals surface area contributed by atoms with Gasteiger partial charge in [-0.3, -0.25) is 9.59 Å². The number of piperidine rings is 1. The molecule has 0 aliphatic carbocycles. The van der Waals surface area contributed by atoms with Crippen molar-refractivity contribution in [3.8, 4) is 5.75 Å². The molecular weight excluding hydrogens is 382 g/mol. The van der Waals surface area contributed by atoms with Crippen LogP contribution in [0.25, 0.3) is 0 Å². The predicted octanol–water partition coefficient (Wildman–Crippen LogP) is 0.473. The Morgan fingerprint density at radius 1 is 1.11 bits per heavy atom. The summed E-state index contributed by atoms with van der Waals surface area (Å²) in [6.07, 6.45) is 0.881. The summed E-state index contributed by atoms with van der Waals surface area (Å²) in [4.78, 5) is 24.1. The van der Waals surface area contributed by atoms with E-state index < -0.39 is 15.6 Å². The maximum atomic E-state index is 13.0. The van der Waals surface area contributed by atoms with Gasteiger partial charge in [0.05, 0.1) is 5.75 Å². The highest BCUT2D eigenvalue weighted by molar-refractivity contribution is 7.89. The van der Waals surface area contributed by atoms with E-state index in [9.17, 15) is 23.1 Å². The van der Waals surface area contributed by atoms with Crippen molar-refractivity contribution in [2.24, 2.45) is 5.92 Å². The monoisotopic (exact) mass is 405 g/mol. The van der Waals surface area contributed by atoms with Crippen LogP contribution in [0.4, 0.5) is 0 Å². The molecule has 28 heavy (non-hydrogen) atoms. The highest BCUT2D eigenvalue weighted by Crippen LogP contribution is 2.36. The zero-order valence-corrected chi connectivity index (χ0v) is 16.4. The smallest absolute Gasteiger partial charge is 0.254 e. The van der Waals surface area contributed by atoms with Crippen LogP contribution in [-0.2, 0) is 23.1 Å². The van der Waals surface area contributed by atoms with Crippen molar-refractivity contribution < 1.29 is 13.5 Å². The first kappa shape index (κ1) is 18.9. The summed E-state index contributed by atoms with van der Waals surface area (Å²) in [5.41, 5.74) is 0.959. The van der Waals surface area contributed by atoms with Crippen LogP contribution in [0, 0.1) is 12.8 Å². The van der Waals surface area contributed by atoms with Gasteiger partial charge in [0, 0.05) is 55.6 Å². The van der Waals surface area contributed by atoms with Crippen molar-refractivity contribution in [1.29, 1.82) is 0 Å². The number of rotatable bonds is 4. The molecule has 2 aliphatic heterocycles. The van der Waals surface area contributed by atoms with Gasteiger partial charge in [-0.05, 0) is 31.4 Å². The topological polar surface area (TPSA) is 102 Å². The number of aryl methyl sites for hydroxylation is 1. The standard InChI is InChI=1S/C19H23N3O5S/c1-13-7-16(23)9-19(25)21(13)5-6-28(26,27)20-10-14-8-15(12-20)17-3-2-4-18(24)22(17)11-14/h2-4,7,9,14-15,23H,5-6,8,10-12H2,1H3/t14-,15+/m1/s1. The molecule has 0 spiro atoms. The highest BCUT2D eigenvalue weighted by Gasteiger charge is 2.38. The van der Waals surface area contributed by atoms with Gasteiger partial charge in [0.15, 0.2) is 0 Å². The van der Waals surface area contributed by atoms with E-state index >= 15 is 0 Å². The number of nitrogens with zero attached hydrogens (tertiary/aromatic N) is 3. The average Bonchev–Trinajstić information content (AvgIpc) is 2.61. The molecule has 0 aromatic carbocycles. The van der Waals surface area contributed by atoms with Crippen LogP contribution < -0.4 is 11.1 Å². The normalized spacial score (nSPS) is 22.0. The lowest BCUT2D eigenvalue weighted by molar-refractivity contribution is 0.186. The van der Waals surface area contributed by atoms with Crippen LogP contribution in [-0.4, -0.2) is 45.8 Å². The summed E-state index contributed by atoms with van der Waals surface area (Å²) in [5, 5.41) is 9.48. The molecule has 0 radical (unpaired) electrons. The second-order valence-corrected chi connectivity index (χ2v) is 9.76. The molecule has 1 fully saturated rings. The Hall–Kier alpha value is -2.39. The van der Waals surface area contributed by atoms with E-state index in [1.165, 1.54) is 21.0 Å². The number of aromatic nitrogens is 2. The number of hydrogen-bond acceptors (Lipinski definition) is 5. The van der Waals surface area contributed by atoms with Gasteiger partial charge in [-0.2, -0.15) is 0 Å². The van der Waals surface area contributed by atoms with Crippen LogP contribution in [0.5, 0.6) is 5.75 Å². The molecule has 150 valence electrons. The van der Waals surface area contributed by atoms with Crippen molar-refractivity contribution in [3.05, 3.63) is 62.4 Å². The van der Waals surface area contributed by atoms with Gasteiger partial charge < -0.3 is 14.2 Å². The molecule has 2 aromatic heterocycles. The Morgan fingerprint density at radius 2 is 1.89 bits per heavy atom. The molecule has 1 N–H and O–H groups in total. The minimum absolute atomic E-state index is 0.00862. The molecular formula is C19H23N3O5S. The molecule has 0 saturated carbocycles. The van der Waals surface area contributed by atoms with Crippen LogP contribution in [0.15, 0.2) is 39.9 Å². The third-order valence-corrected chi connectivity index (χ3v) is 7.52. The first-order valence-corrected chi connectivity index (χ1v) is 10.9. The fourth-order valence-electron chi connectivity index (χ4n) is 4.41. The Balaban J connectivity index is 1.54. The zero-order chi connectivity index (χ0) is 20.1. The molecule has 2 aliphatic rings. The largest absolute Gasteiger partial charge is 0.508 e. The van der Waals surface area contributed by atoms with Crippen LogP contribution >= 0.6 is 0 Å². The van der Waals surface area contributed by atoms with E-state index in [0.29, 0.717) is 25.3 Å². The van der Waals surface area contributed by atoms with Crippen molar-refractivity contribution >= 4 is 10.0 Å². The second kappa shape index (κ2) is 6.89. The summed E-state index contributed by atoms with van der Waals surface area (Å²) < 4.78 is 30.5. The van der Waals surface area contributed by atoms with Crippen molar-refractivity contribution in [2.45, 2.75) is 32.4 Å². The summed E-state index contributed by atoms with van der Waals surface area (Å²) in [6.45, 7) is 2.98. The van der Waals surface area contributed by atoms with Crippen molar-refractivity contribution in [1.82, 2.24) is 13.4 Å². The molecule has 0 unspecified atom stereocenters. The third-order valence-electron chi connectivity index (χ3n) is 5.73. The van der Waals surface area contributed by atoms with Gasteiger partial charge in [-0.1, -0.05) is 6.07 Å². The molecule has 8 nitrogen and oxygen atoms in total. The number of pyridine rings is 2. The zero-order valence-electron chi connectivity index (χ0n) is 15.6. The molecule has 9 heteroatoms. The van der Waals surface area contributed by atoms with E-state index in [-0.39, 0.29) is 35.4 Å². The summed E-state index contributed by atoms with van der Waals surface area (Å²) in [7, 11) is -3.56. The van der Waals surface area contributed by atoms with Gasteiger partial charge >= 0.3 is 0 Å². The predicted molar refractivity (Wildman–Crippen MR) is 104 cm³/mol. The molecule has 2 atom stereocenters. The Morgan fingerprint density at radius 3 is 2.64 bits per heavy atom. The number of aromatic hydroxyl groups is 1. The molecule has 2 bridgehead atoms. The molecule has 0 amide bonds. The van der Waals surface area contributed by atoms with E-state index in [4.69, 9.17) is 0 Å². The van der Waals surface area contributed by atoms with Crippen molar-refractivity contribution in [3.63, 3.8) is 0 Å². The third kappa shape index (κ3) is 3.40. The first-order valence-electron chi connectivity index (χ1n) is 9.32. The molecule has 4 rings (SSSR count). The van der Waals surface area contributed by atoms with E-state index in [0.717, 1.165) is 18.2 Å². The quantitative estimate of drug-likeness (QED) is 0.797. The van der Waals surface area contributed by atoms with Gasteiger partial charge in [0.25, 0.3) is 11.1 Å². The fraction of sp³-hybridized carbons (Fsp3) is 0.474. The fourth-order valence-corrected chi connectivity index (χ4v) is 5.93. The van der Waals surface area contributed by atoms with Gasteiger partial charge in [0.1, 0.15) is 5.75 Å². The lowest BCUT2D eigenvalue weighted by atomic mass is 9.84. The maximum absolute atomic E-state index is 13.0. The Kier molecular flexibility index (Phi) is 4.67. The van der Waals surface area contributed by atoms with Crippen molar-refractivity contribution in [2.75, 3.05) is 18.8 Å². The van der Waals surface area contributed by atoms with E-state index in [1.807, 2.05) is 6.07 Å². The van der Waals surface area contributed by atoms with Gasteiger partial charge in [-0.25, -0.2) is 12.7 Å². The summed E-state index contributed by atoms with van der Waals surface area (Å²) in [5.74, 6) is -0.188. The number of fused-ring (bicyclic) bond motifs is 4. The highest BCUT2D eigenvalue weighted by atomic mass is 32.2. The molecule has 2 aromatic rings. The Bertz CT molecular complexity index is 1130. The first-order chi connectivity index (χ1) is 13.2. The maximum Gasteiger partial charge on any atom is 0.254 e. The minimum atomic E-state index is -3.56. The summed E-state index contributed by atoms with van der Waals surface area (Å²) >= 11 is 0. The average molecular weight is 405 g/mol. The lowest BCUT2D eigenvalue weighted by Gasteiger charge is -2.42. The summed E-state index contributed by atoms with van der Waals surface area (Å²) in [6, 6.07) is 7.68. The molecule has 1 saturated heterocycles. The van der Waals surface area contributed by atoms with E-state index in [2.05, 4.69) is 0 Å². The number of sulfonamides is 1. The lowest BCUT2D eigenvalue weighted by Crippen LogP contribution is -2.50. The molecule has 4 heterocycles. The Labute approximate surface area is 162 Å². The van der Waals surface area contributed by atoms with Gasteiger partial charge in [-0.15, -0.1) is 0 Å². The van der Waals surface area contributed by atoms with Gasteiger partial charge in [0.2, 0.25) is 10.0 Å². The van der Waals surface area contributed by atoms with Crippen LogP contribution in [0.3, 0.4) is 0 Å². The number of hydrogen-bond donors (Lipinski definition) is 1. The van der Waals surface area contributed by atoms with Crippen LogP contribution in [0.2, 0.25) is 0 Å². The second-order valence-electron chi connectivity index (χ2n) is 7.68. The van der Waals surface area contributed by atoms with Crippen LogP contribution in [0.1, 0.15) is 23.7 Å². The SMILES string of the molecule is Cc1cc(O)cc(=O)n1CCS(=O)(=O)N1C[C@H]2C[C@@H](C1)c1cccc(=O)n1C2. The van der Waals surface area contributed by atoms with E-state index in [1.54, 1.807) is 17.6 Å². The minimum Gasteiger partial charge on any atom is -0.508 e.